The lowest BCUT2D eigenvalue weighted by molar-refractivity contribution is 0.0105. The van der Waals surface area contributed by atoms with Gasteiger partial charge in [-0.25, -0.2) is 4.79 Å². The van der Waals surface area contributed by atoms with Crippen LogP contribution in [0.15, 0.2) is 30.3 Å². The minimum atomic E-state index is -0.585. The van der Waals surface area contributed by atoms with E-state index in [9.17, 15) is 9.90 Å². The van der Waals surface area contributed by atoms with Crippen molar-refractivity contribution in [1.82, 2.24) is 0 Å². The average molecular weight is 222 g/mol. The molecule has 0 aliphatic heterocycles. The summed E-state index contributed by atoms with van der Waals surface area (Å²) in [6.45, 7) is 3.98. The molecular weight excluding hydrogens is 204 g/mol. The highest BCUT2D eigenvalue weighted by Gasteiger charge is 2.15. The van der Waals surface area contributed by atoms with E-state index in [1.54, 1.807) is 24.3 Å². The van der Waals surface area contributed by atoms with E-state index in [1.165, 1.54) is 0 Å². The zero-order valence-electron chi connectivity index (χ0n) is 9.72. The lowest BCUT2D eigenvalue weighted by Gasteiger charge is -2.16. The summed E-state index contributed by atoms with van der Waals surface area (Å²) < 4.78 is 5.02. The van der Waals surface area contributed by atoms with Gasteiger partial charge in [-0.1, -0.05) is 38.5 Å². The molecule has 3 heteroatoms. The number of aliphatic hydroxyl groups is 1. The molecule has 0 bridgehead atoms. The van der Waals surface area contributed by atoms with E-state index in [1.807, 2.05) is 19.9 Å². The molecule has 0 spiro atoms. The lowest BCUT2D eigenvalue weighted by Crippen LogP contribution is -2.25. The Morgan fingerprint density at radius 3 is 2.56 bits per heavy atom. The van der Waals surface area contributed by atoms with Crippen LogP contribution in [-0.4, -0.2) is 23.8 Å². The van der Waals surface area contributed by atoms with Crippen molar-refractivity contribution in [3.63, 3.8) is 0 Å². The molecule has 0 heterocycles. The van der Waals surface area contributed by atoms with Crippen molar-refractivity contribution in [3.8, 4) is 0 Å². The molecule has 3 nitrogen and oxygen atoms in total. The van der Waals surface area contributed by atoms with Gasteiger partial charge in [0.05, 0.1) is 11.7 Å². The Balaban J connectivity index is 2.42. The zero-order chi connectivity index (χ0) is 12.0. The second-order valence-corrected chi connectivity index (χ2v) is 3.92. The van der Waals surface area contributed by atoms with Crippen LogP contribution in [0.1, 0.15) is 30.6 Å². The Labute approximate surface area is 96.1 Å². The number of hydrogen-bond donors (Lipinski definition) is 1. The van der Waals surface area contributed by atoms with Crippen molar-refractivity contribution in [2.45, 2.75) is 26.4 Å². The summed E-state index contributed by atoms with van der Waals surface area (Å²) in [5, 5.41) is 9.64. The van der Waals surface area contributed by atoms with Crippen molar-refractivity contribution >= 4 is 5.97 Å². The third kappa shape index (κ3) is 3.66. The lowest BCUT2D eigenvalue weighted by atomic mass is 10.0. The van der Waals surface area contributed by atoms with E-state index in [0.29, 0.717) is 5.56 Å². The summed E-state index contributed by atoms with van der Waals surface area (Å²) in [5.41, 5.74) is 0.513. The Morgan fingerprint density at radius 2 is 2.00 bits per heavy atom. The number of aliphatic hydroxyl groups excluding tert-OH is 1. The highest BCUT2D eigenvalue weighted by atomic mass is 16.5. The minimum Gasteiger partial charge on any atom is -0.459 e. The van der Waals surface area contributed by atoms with Gasteiger partial charge >= 0.3 is 5.97 Å². The van der Waals surface area contributed by atoms with Crippen molar-refractivity contribution < 1.29 is 14.6 Å². The van der Waals surface area contributed by atoms with Crippen molar-refractivity contribution in [2.75, 3.05) is 6.61 Å². The van der Waals surface area contributed by atoms with E-state index in [4.69, 9.17) is 4.74 Å². The van der Waals surface area contributed by atoms with Gasteiger partial charge in [0.1, 0.15) is 6.61 Å². The SMILES string of the molecule is CCC(C)C(O)COC(=O)c1ccccc1. The van der Waals surface area contributed by atoms with Crippen LogP contribution in [0.3, 0.4) is 0 Å². The first-order valence-corrected chi connectivity index (χ1v) is 5.55. The van der Waals surface area contributed by atoms with E-state index in [0.717, 1.165) is 6.42 Å². The molecule has 0 saturated heterocycles. The van der Waals surface area contributed by atoms with E-state index >= 15 is 0 Å². The molecule has 0 saturated carbocycles. The Bertz CT molecular complexity index is 321. The van der Waals surface area contributed by atoms with Crippen LogP contribution >= 0.6 is 0 Å². The second-order valence-electron chi connectivity index (χ2n) is 3.92. The van der Waals surface area contributed by atoms with Gasteiger partial charge in [0, 0.05) is 0 Å². The number of ether oxygens (including phenoxy) is 1. The Hall–Kier alpha value is -1.35. The van der Waals surface area contributed by atoms with Crippen molar-refractivity contribution in [1.29, 1.82) is 0 Å². The third-order valence-electron chi connectivity index (χ3n) is 2.70. The molecule has 1 rings (SSSR count). The predicted molar refractivity (Wildman–Crippen MR) is 62.2 cm³/mol. The number of carbonyl (C=O) groups is 1. The minimum absolute atomic E-state index is 0.0583. The first-order valence-electron chi connectivity index (χ1n) is 5.55. The molecule has 0 fully saturated rings. The number of carbonyl (C=O) groups excluding carboxylic acids is 1. The van der Waals surface area contributed by atoms with Crippen LogP contribution in [0.4, 0.5) is 0 Å². The van der Waals surface area contributed by atoms with Gasteiger partial charge < -0.3 is 9.84 Å². The van der Waals surface area contributed by atoms with Crippen LogP contribution in [0, 0.1) is 5.92 Å². The maximum Gasteiger partial charge on any atom is 0.338 e. The van der Waals surface area contributed by atoms with Crippen LogP contribution in [-0.2, 0) is 4.74 Å². The Kier molecular flexibility index (Phi) is 4.99. The molecule has 0 aromatic heterocycles. The maximum atomic E-state index is 11.5. The molecule has 0 aliphatic carbocycles. The molecule has 2 atom stereocenters. The van der Waals surface area contributed by atoms with Crippen LogP contribution < -0.4 is 0 Å². The molecule has 88 valence electrons. The summed E-state index contributed by atoms with van der Waals surface area (Å²) in [4.78, 5) is 11.5. The van der Waals surface area contributed by atoms with Crippen LogP contribution in [0.25, 0.3) is 0 Å². The molecule has 2 unspecified atom stereocenters. The van der Waals surface area contributed by atoms with Gasteiger partial charge in [-0.15, -0.1) is 0 Å². The normalized spacial score (nSPS) is 14.2. The molecule has 0 aliphatic rings. The third-order valence-corrected chi connectivity index (χ3v) is 2.70. The van der Waals surface area contributed by atoms with E-state index < -0.39 is 6.10 Å². The number of rotatable bonds is 5. The Morgan fingerprint density at radius 1 is 1.38 bits per heavy atom. The van der Waals surface area contributed by atoms with Gasteiger partial charge in [-0.05, 0) is 18.1 Å². The van der Waals surface area contributed by atoms with Crippen molar-refractivity contribution in [3.05, 3.63) is 35.9 Å². The monoisotopic (exact) mass is 222 g/mol. The molecular formula is C13H18O3. The number of benzene rings is 1. The first-order chi connectivity index (χ1) is 7.65. The summed E-state index contributed by atoms with van der Waals surface area (Å²) in [6.07, 6.45) is 0.280. The predicted octanol–water partition coefficient (Wildman–Crippen LogP) is 2.25. The highest BCUT2D eigenvalue weighted by molar-refractivity contribution is 5.89. The highest BCUT2D eigenvalue weighted by Crippen LogP contribution is 2.09. The van der Waals surface area contributed by atoms with Crippen LogP contribution in [0.5, 0.6) is 0 Å². The summed E-state index contributed by atoms with van der Waals surface area (Å²) in [6, 6.07) is 8.78. The van der Waals surface area contributed by atoms with Gasteiger partial charge in [-0.3, -0.25) is 0 Å². The summed E-state index contributed by atoms with van der Waals surface area (Å²) >= 11 is 0. The van der Waals surface area contributed by atoms with Gasteiger partial charge in [0.25, 0.3) is 0 Å². The first kappa shape index (κ1) is 12.7. The number of esters is 1. The molecule has 1 aromatic rings. The van der Waals surface area contributed by atoms with Gasteiger partial charge in [-0.2, -0.15) is 0 Å². The average Bonchev–Trinajstić information content (AvgIpc) is 2.35. The quantitative estimate of drug-likeness (QED) is 0.777. The summed E-state index contributed by atoms with van der Waals surface area (Å²) in [7, 11) is 0. The smallest absolute Gasteiger partial charge is 0.338 e. The zero-order valence-corrected chi connectivity index (χ0v) is 9.72. The number of hydrogen-bond acceptors (Lipinski definition) is 3. The second kappa shape index (κ2) is 6.28. The van der Waals surface area contributed by atoms with E-state index in [2.05, 4.69) is 0 Å². The standard InChI is InChI=1S/C13H18O3/c1-3-10(2)12(14)9-16-13(15)11-7-5-4-6-8-11/h4-8,10,12,14H,3,9H2,1-2H3. The largest absolute Gasteiger partial charge is 0.459 e. The topological polar surface area (TPSA) is 46.5 Å². The maximum absolute atomic E-state index is 11.5. The fourth-order valence-corrected chi connectivity index (χ4v) is 1.25. The molecule has 1 N–H and O–H groups in total. The molecule has 0 amide bonds. The summed E-state index contributed by atoms with van der Waals surface area (Å²) in [5.74, 6) is -0.244. The fourth-order valence-electron chi connectivity index (χ4n) is 1.25. The van der Waals surface area contributed by atoms with E-state index in [-0.39, 0.29) is 18.5 Å². The van der Waals surface area contributed by atoms with Gasteiger partial charge in [0.15, 0.2) is 0 Å². The van der Waals surface area contributed by atoms with Crippen molar-refractivity contribution in [2.24, 2.45) is 5.92 Å². The molecule has 16 heavy (non-hydrogen) atoms. The molecule has 0 radical (unpaired) electrons. The fraction of sp³-hybridized carbons (Fsp3) is 0.462. The van der Waals surface area contributed by atoms with Crippen LogP contribution in [0.2, 0.25) is 0 Å². The molecule has 1 aromatic carbocycles. The van der Waals surface area contributed by atoms with Gasteiger partial charge in [0.2, 0.25) is 0 Å².